The van der Waals surface area contributed by atoms with Crippen LogP contribution in [0.1, 0.15) is 40.9 Å². The minimum Gasteiger partial charge on any atom is -0.478 e. The van der Waals surface area contributed by atoms with Crippen molar-refractivity contribution in [2.24, 2.45) is 0 Å². The molecule has 1 N–H and O–H groups in total. The second-order valence-corrected chi connectivity index (χ2v) is 3.29. The van der Waals surface area contributed by atoms with E-state index >= 15 is 0 Å². The maximum atomic E-state index is 10.9. The normalized spacial score (nSPS) is 9.67. The zero-order valence-electron chi connectivity index (χ0n) is 8.87. The van der Waals surface area contributed by atoms with Crippen LogP contribution in [0, 0.1) is 11.3 Å². The van der Waals surface area contributed by atoms with Crippen LogP contribution in [0.3, 0.4) is 0 Å². The van der Waals surface area contributed by atoms with Crippen molar-refractivity contribution in [1.29, 1.82) is 5.26 Å². The van der Waals surface area contributed by atoms with Crippen molar-refractivity contribution in [3.63, 3.8) is 0 Å². The highest BCUT2D eigenvalue weighted by Gasteiger charge is 2.12. The summed E-state index contributed by atoms with van der Waals surface area (Å²) in [7, 11) is 0. The topological polar surface area (TPSA) is 61.1 Å². The van der Waals surface area contributed by atoms with Crippen LogP contribution in [0.15, 0.2) is 12.1 Å². The molecule has 0 amide bonds. The van der Waals surface area contributed by atoms with Gasteiger partial charge >= 0.3 is 5.97 Å². The Balaban J connectivity index is 3.42. The summed E-state index contributed by atoms with van der Waals surface area (Å²) >= 11 is 0. The third kappa shape index (κ3) is 2.16. The molecule has 0 heterocycles. The lowest BCUT2D eigenvalue weighted by Crippen LogP contribution is -2.04. The van der Waals surface area contributed by atoms with Crippen molar-refractivity contribution in [2.45, 2.75) is 26.7 Å². The highest BCUT2D eigenvalue weighted by Crippen LogP contribution is 2.18. The average molecular weight is 203 g/mol. The number of nitrogens with zero attached hydrogens (tertiary/aromatic N) is 1. The number of nitriles is 1. The van der Waals surface area contributed by atoms with Crippen LogP contribution in [0.2, 0.25) is 0 Å². The summed E-state index contributed by atoms with van der Waals surface area (Å²) in [5.41, 5.74) is 2.41. The summed E-state index contributed by atoms with van der Waals surface area (Å²) in [6.45, 7) is 3.86. The van der Waals surface area contributed by atoms with Crippen LogP contribution >= 0.6 is 0 Å². The number of benzene rings is 1. The number of hydrogen-bond acceptors (Lipinski definition) is 2. The SMILES string of the molecule is CCc1cc(CC)c(C(=O)O)cc1C#N. The molecule has 0 aliphatic carbocycles. The van der Waals surface area contributed by atoms with E-state index in [4.69, 9.17) is 10.4 Å². The molecule has 0 saturated heterocycles. The lowest BCUT2D eigenvalue weighted by Gasteiger charge is -2.08. The lowest BCUT2D eigenvalue weighted by atomic mass is 9.96. The predicted octanol–water partition coefficient (Wildman–Crippen LogP) is 2.38. The van der Waals surface area contributed by atoms with Gasteiger partial charge in [-0.1, -0.05) is 19.9 Å². The van der Waals surface area contributed by atoms with Crippen molar-refractivity contribution in [3.8, 4) is 6.07 Å². The van der Waals surface area contributed by atoms with E-state index in [-0.39, 0.29) is 5.56 Å². The fourth-order valence-electron chi connectivity index (χ4n) is 1.58. The van der Waals surface area contributed by atoms with Crippen molar-refractivity contribution in [1.82, 2.24) is 0 Å². The standard InChI is InChI=1S/C12H13NO2/c1-3-8-5-9(4-2)11(12(14)15)6-10(8)7-13/h5-6H,3-4H2,1-2H3,(H,14,15). The van der Waals surface area contributed by atoms with Gasteiger partial charge in [0.05, 0.1) is 17.2 Å². The zero-order valence-corrected chi connectivity index (χ0v) is 8.87. The van der Waals surface area contributed by atoms with Gasteiger partial charge in [-0.3, -0.25) is 0 Å². The second kappa shape index (κ2) is 4.61. The first-order chi connectivity index (χ1) is 7.13. The minimum absolute atomic E-state index is 0.242. The number of aromatic carboxylic acids is 1. The van der Waals surface area contributed by atoms with Crippen LogP contribution < -0.4 is 0 Å². The molecular formula is C12H13NO2. The van der Waals surface area contributed by atoms with E-state index in [9.17, 15) is 4.79 Å². The van der Waals surface area contributed by atoms with Gasteiger partial charge in [-0.15, -0.1) is 0 Å². The summed E-state index contributed by atoms with van der Waals surface area (Å²) in [4.78, 5) is 10.9. The van der Waals surface area contributed by atoms with E-state index in [2.05, 4.69) is 0 Å². The van der Waals surface area contributed by atoms with Gasteiger partial charge in [0.1, 0.15) is 0 Å². The Hall–Kier alpha value is -1.82. The molecule has 3 nitrogen and oxygen atoms in total. The smallest absolute Gasteiger partial charge is 0.336 e. The van der Waals surface area contributed by atoms with Crippen molar-refractivity contribution in [2.75, 3.05) is 0 Å². The summed E-state index contributed by atoms with van der Waals surface area (Å²) in [5, 5.41) is 17.8. The minimum atomic E-state index is -0.967. The van der Waals surface area contributed by atoms with Gasteiger partial charge in [0.25, 0.3) is 0 Å². The van der Waals surface area contributed by atoms with Gasteiger partial charge in [0.2, 0.25) is 0 Å². The van der Waals surface area contributed by atoms with E-state index in [1.807, 2.05) is 26.0 Å². The Morgan fingerprint density at radius 2 is 1.93 bits per heavy atom. The largest absolute Gasteiger partial charge is 0.478 e. The quantitative estimate of drug-likeness (QED) is 0.820. The number of rotatable bonds is 3. The molecule has 78 valence electrons. The van der Waals surface area contributed by atoms with E-state index in [1.54, 1.807) is 0 Å². The molecule has 0 atom stereocenters. The van der Waals surface area contributed by atoms with Gasteiger partial charge in [-0.2, -0.15) is 5.26 Å². The Morgan fingerprint density at radius 3 is 2.33 bits per heavy atom. The first-order valence-electron chi connectivity index (χ1n) is 4.93. The molecule has 0 spiro atoms. The number of carboxylic acids is 1. The molecule has 3 heteroatoms. The molecule has 1 rings (SSSR count). The monoisotopic (exact) mass is 203 g/mol. The first kappa shape index (κ1) is 11.3. The fourth-order valence-corrected chi connectivity index (χ4v) is 1.58. The Bertz CT molecular complexity index is 430. The second-order valence-electron chi connectivity index (χ2n) is 3.29. The molecule has 0 unspecified atom stereocenters. The molecule has 1 aromatic carbocycles. The summed E-state index contributed by atoms with van der Waals surface area (Å²) in [6.07, 6.45) is 1.41. The molecule has 0 bridgehead atoms. The molecule has 0 fully saturated rings. The number of carboxylic acid groups (broad SMARTS) is 1. The van der Waals surface area contributed by atoms with Gasteiger partial charge in [0.15, 0.2) is 0 Å². The molecule has 0 saturated carbocycles. The maximum absolute atomic E-state index is 10.9. The molecule has 15 heavy (non-hydrogen) atoms. The summed E-state index contributed by atoms with van der Waals surface area (Å²) in [6, 6.07) is 5.32. The molecule has 0 aliphatic heterocycles. The van der Waals surface area contributed by atoms with Crippen LogP contribution in [0.5, 0.6) is 0 Å². The van der Waals surface area contributed by atoms with E-state index in [0.29, 0.717) is 12.0 Å². The van der Waals surface area contributed by atoms with Crippen LogP contribution in [-0.2, 0) is 12.8 Å². The molecular weight excluding hydrogens is 190 g/mol. The average Bonchev–Trinajstić information content (AvgIpc) is 2.26. The highest BCUT2D eigenvalue weighted by molar-refractivity contribution is 5.90. The maximum Gasteiger partial charge on any atom is 0.336 e. The molecule has 0 aromatic heterocycles. The Kier molecular flexibility index (Phi) is 3.46. The van der Waals surface area contributed by atoms with Crippen LogP contribution in [0.25, 0.3) is 0 Å². The molecule has 1 aromatic rings. The Morgan fingerprint density at radius 1 is 1.33 bits per heavy atom. The zero-order chi connectivity index (χ0) is 11.4. The number of hydrogen-bond donors (Lipinski definition) is 1. The van der Waals surface area contributed by atoms with Crippen molar-refractivity contribution < 1.29 is 9.90 Å². The van der Waals surface area contributed by atoms with E-state index in [0.717, 1.165) is 17.5 Å². The fraction of sp³-hybridized carbons (Fsp3) is 0.333. The third-order valence-corrected chi connectivity index (χ3v) is 2.44. The first-order valence-corrected chi connectivity index (χ1v) is 4.93. The predicted molar refractivity (Wildman–Crippen MR) is 56.9 cm³/mol. The number of carbonyl (C=O) groups is 1. The van der Waals surface area contributed by atoms with Gasteiger partial charge in [-0.05, 0) is 30.0 Å². The van der Waals surface area contributed by atoms with E-state index < -0.39 is 5.97 Å². The summed E-state index contributed by atoms with van der Waals surface area (Å²) in [5.74, 6) is -0.967. The van der Waals surface area contributed by atoms with Gasteiger partial charge < -0.3 is 5.11 Å². The van der Waals surface area contributed by atoms with Gasteiger partial charge in [-0.25, -0.2) is 4.79 Å². The third-order valence-electron chi connectivity index (χ3n) is 2.44. The van der Waals surface area contributed by atoms with E-state index in [1.165, 1.54) is 6.07 Å². The van der Waals surface area contributed by atoms with Crippen molar-refractivity contribution >= 4 is 5.97 Å². The highest BCUT2D eigenvalue weighted by atomic mass is 16.4. The summed E-state index contributed by atoms with van der Waals surface area (Å²) < 4.78 is 0. The lowest BCUT2D eigenvalue weighted by molar-refractivity contribution is 0.0695. The molecule has 0 aliphatic rings. The van der Waals surface area contributed by atoms with Crippen molar-refractivity contribution in [3.05, 3.63) is 34.4 Å². The van der Waals surface area contributed by atoms with Crippen LogP contribution in [-0.4, -0.2) is 11.1 Å². The van der Waals surface area contributed by atoms with Gasteiger partial charge in [0, 0.05) is 0 Å². The number of aryl methyl sites for hydroxylation is 2. The Labute approximate surface area is 89.0 Å². The molecule has 0 radical (unpaired) electrons. The van der Waals surface area contributed by atoms with Crippen LogP contribution in [0.4, 0.5) is 0 Å².